The summed E-state index contributed by atoms with van der Waals surface area (Å²) in [4.78, 5) is 28.1. The number of carbonyl (C=O) groups is 2. The number of halogens is 1. The predicted octanol–water partition coefficient (Wildman–Crippen LogP) is 4.42. The van der Waals surface area contributed by atoms with Crippen LogP contribution in [0, 0.1) is 0 Å². The third-order valence-corrected chi connectivity index (χ3v) is 7.53. The van der Waals surface area contributed by atoms with Crippen LogP contribution in [0.15, 0.2) is 29.4 Å². The number of Topliss-reactive ketones (excluding diaryl/α,β-unsaturated/α-hetero) is 1. The molecule has 1 aromatic heterocycles. The molecule has 4 rings (SSSR count). The maximum atomic E-state index is 13.3. The Morgan fingerprint density at radius 3 is 2.73 bits per heavy atom. The van der Waals surface area contributed by atoms with Gasteiger partial charge in [-0.2, -0.15) is 0 Å². The van der Waals surface area contributed by atoms with E-state index in [0.29, 0.717) is 23.8 Å². The van der Waals surface area contributed by atoms with Crippen molar-refractivity contribution in [1.82, 2.24) is 19.7 Å². The number of aromatic nitrogens is 3. The number of hydrogen-bond donors (Lipinski definition) is 0. The van der Waals surface area contributed by atoms with E-state index in [-0.39, 0.29) is 17.4 Å². The smallest absolute Gasteiger partial charge is 0.233 e. The molecule has 6 nitrogen and oxygen atoms in total. The fourth-order valence-electron chi connectivity index (χ4n) is 4.41. The number of nitrogens with zero attached hydrogens (tertiary/aromatic N) is 4. The summed E-state index contributed by atoms with van der Waals surface area (Å²) in [5, 5.41) is 9.95. The number of likely N-dealkylation sites (N-methyl/N-ethyl adjacent to an activating group) is 1. The summed E-state index contributed by atoms with van der Waals surface area (Å²) in [6.07, 6.45) is 5.12. The summed E-state index contributed by atoms with van der Waals surface area (Å²) in [7, 11) is 1.73. The van der Waals surface area contributed by atoms with Crippen LogP contribution < -0.4 is 0 Å². The van der Waals surface area contributed by atoms with Crippen LogP contribution >= 0.6 is 23.4 Å². The Kier molecular flexibility index (Phi) is 6.21. The normalized spacial score (nSPS) is 21.6. The van der Waals surface area contributed by atoms with E-state index in [1.807, 2.05) is 18.2 Å². The van der Waals surface area contributed by atoms with Gasteiger partial charge in [-0.3, -0.25) is 9.59 Å². The Balaban J connectivity index is 1.56. The van der Waals surface area contributed by atoms with E-state index in [1.165, 1.54) is 11.8 Å². The molecule has 2 aromatic rings. The summed E-state index contributed by atoms with van der Waals surface area (Å²) in [5.74, 6) is 1.70. The average molecular weight is 447 g/mol. The van der Waals surface area contributed by atoms with Crippen molar-refractivity contribution in [2.24, 2.45) is 0 Å². The average Bonchev–Trinajstić information content (AvgIpc) is 3.52. The van der Waals surface area contributed by atoms with Gasteiger partial charge in [0.2, 0.25) is 5.91 Å². The van der Waals surface area contributed by atoms with Gasteiger partial charge in [0.05, 0.1) is 5.75 Å². The number of carbonyl (C=O) groups excluding carboxylic acids is 2. The molecule has 0 N–H and O–H groups in total. The number of hydrogen-bond acceptors (Lipinski definition) is 5. The van der Waals surface area contributed by atoms with Crippen molar-refractivity contribution in [1.29, 1.82) is 0 Å². The molecule has 0 unspecified atom stereocenters. The van der Waals surface area contributed by atoms with E-state index in [0.717, 1.165) is 48.8 Å². The second kappa shape index (κ2) is 8.71. The summed E-state index contributed by atoms with van der Waals surface area (Å²) in [6, 6.07) is 7.38. The van der Waals surface area contributed by atoms with Crippen molar-refractivity contribution in [3.8, 4) is 0 Å². The maximum Gasteiger partial charge on any atom is 0.233 e. The first kappa shape index (κ1) is 21.4. The first-order valence-corrected chi connectivity index (χ1v) is 12.0. The van der Waals surface area contributed by atoms with Crippen LogP contribution in [0.4, 0.5) is 0 Å². The number of ketones is 1. The molecule has 2 fully saturated rings. The molecule has 8 heteroatoms. The Bertz CT molecular complexity index is 958. The largest absolute Gasteiger partial charge is 0.328 e. The number of thioether (sulfide) groups is 1. The first-order chi connectivity index (χ1) is 14.5. The Hall–Kier alpha value is -1.86. The Morgan fingerprint density at radius 2 is 2.07 bits per heavy atom. The van der Waals surface area contributed by atoms with Gasteiger partial charge in [-0.1, -0.05) is 41.6 Å². The Labute approximate surface area is 186 Å². The third kappa shape index (κ3) is 3.78. The molecule has 2 aliphatic carbocycles. The van der Waals surface area contributed by atoms with E-state index >= 15 is 0 Å². The molecule has 0 aliphatic heterocycles. The van der Waals surface area contributed by atoms with Crippen molar-refractivity contribution in [2.45, 2.75) is 68.6 Å². The number of rotatable bonds is 7. The number of amides is 1. The first-order valence-electron chi connectivity index (χ1n) is 10.6. The van der Waals surface area contributed by atoms with Crippen molar-refractivity contribution in [3.05, 3.63) is 40.7 Å². The number of benzene rings is 1. The summed E-state index contributed by atoms with van der Waals surface area (Å²) in [5.41, 5.74) is -0.267. The van der Waals surface area contributed by atoms with E-state index < -0.39 is 5.54 Å². The third-order valence-electron chi connectivity index (χ3n) is 6.25. The Morgan fingerprint density at radius 1 is 1.30 bits per heavy atom. The quantitative estimate of drug-likeness (QED) is 0.589. The predicted molar refractivity (Wildman–Crippen MR) is 118 cm³/mol. The summed E-state index contributed by atoms with van der Waals surface area (Å²) >= 11 is 7.89. The van der Waals surface area contributed by atoms with Crippen molar-refractivity contribution in [3.63, 3.8) is 0 Å². The van der Waals surface area contributed by atoms with Gasteiger partial charge in [0.15, 0.2) is 10.9 Å². The van der Waals surface area contributed by atoms with Crippen molar-refractivity contribution >= 4 is 35.1 Å². The molecule has 1 amide bonds. The molecule has 0 saturated heterocycles. The van der Waals surface area contributed by atoms with Crippen LogP contribution in [0.1, 0.15) is 62.8 Å². The summed E-state index contributed by atoms with van der Waals surface area (Å²) in [6.45, 7) is 2.85. The minimum absolute atomic E-state index is 0.0652. The molecule has 0 radical (unpaired) electrons. The van der Waals surface area contributed by atoms with E-state index in [9.17, 15) is 9.59 Å². The minimum Gasteiger partial charge on any atom is -0.328 e. The van der Waals surface area contributed by atoms with Gasteiger partial charge >= 0.3 is 0 Å². The zero-order valence-electron chi connectivity index (χ0n) is 17.4. The van der Waals surface area contributed by atoms with E-state index in [1.54, 1.807) is 18.0 Å². The zero-order valence-corrected chi connectivity index (χ0v) is 19.0. The van der Waals surface area contributed by atoms with Gasteiger partial charge in [0.1, 0.15) is 11.4 Å². The monoisotopic (exact) mass is 446 g/mol. The van der Waals surface area contributed by atoms with Crippen LogP contribution in [0.2, 0.25) is 5.02 Å². The standard InChI is InChI=1S/C22H27ClN4O2S/c1-3-27-20(15-11-12-15)24-25-21(27)30-14-19(29)26(2)22(13-7-6-10-18(22)28)16-8-4-5-9-17(16)23/h4-5,8-9,15H,3,6-7,10-14H2,1-2H3/t22-/m1/s1. The van der Waals surface area contributed by atoms with Gasteiger partial charge in [-0.05, 0) is 45.1 Å². The van der Waals surface area contributed by atoms with Crippen LogP contribution in [0.3, 0.4) is 0 Å². The lowest BCUT2D eigenvalue weighted by Gasteiger charge is -2.44. The molecular weight excluding hydrogens is 420 g/mol. The molecule has 160 valence electrons. The van der Waals surface area contributed by atoms with Crippen LogP contribution in [0.25, 0.3) is 0 Å². The van der Waals surface area contributed by atoms with Gasteiger partial charge in [0, 0.05) is 36.5 Å². The van der Waals surface area contributed by atoms with Crippen molar-refractivity contribution in [2.75, 3.05) is 12.8 Å². The molecule has 1 heterocycles. The summed E-state index contributed by atoms with van der Waals surface area (Å²) < 4.78 is 2.10. The van der Waals surface area contributed by atoms with Gasteiger partial charge in [0.25, 0.3) is 0 Å². The van der Waals surface area contributed by atoms with E-state index in [4.69, 9.17) is 11.6 Å². The molecule has 0 bridgehead atoms. The maximum absolute atomic E-state index is 13.3. The minimum atomic E-state index is -0.994. The van der Waals surface area contributed by atoms with Gasteiger partial charge < -0.3 is 9.47 Å². The lowest BCUT2D eigenvalue weighted by molar-refractivity contribution is -0.146. The van der Waals surface area contributed by atoms with Crippen LogP contribution in [-0.2, 0) is 21.7 Å². The van der Waals surface area contributed by atoms with Crippen LogP contribution in [0.5, 0.6) is 0 Å². The second-order valence-corrected chi connectivity index (χ2v) is 9.42. The molecular formula is C22H27ClN4O2S. The molecule has 2 aliphatic rings. The highest BCUT2D eigenvalue weighted by Gasteiger charge is 2.47. The molecule has 1 aromatic carbocycles. The topological polar surface area (TPSA) is 68.1 Å². The molecule has 1 atom stereocenters. The highest BCUT2D eigenvalue weighted by molar-refractivity contribution is 7.99. The molecule has 30 heavy (non-hydrogen) atoms. The second-order valence-electron chi connectivity index (χ2n) is 8.07. The van der Waals surface area contributed by atoms with Gasteiger partial charge in [-0.15, -0.1) is 10.2 Å². The van der Waals surface area contributed by atoms with Crippen molar-refractivity contribution < 1.29 is 9.59 Å². The fourth-order valence-corrected chi connectivity index (χ4v) is 5.63. The van der Waals surface area contributed by atoms with E-state index in [2.05, 4.69) is 21.7 Å². The highest BCUT2D eigenvalue weighted by atomic mass is 35.5. The lowest BCUT2D eigenvalue weighted by Crippen LogP contribution is -2.54. The SMILES string of the molecule is CCn1c(SCC(=O)N(C)[C@@]2(c3ccccc3Cl)CCCCC2=O)nnc1C1CC1. The lowest BCUT2D eigenvalue weighted by atomic mass is 9.74. The zero-order chi connectivity index (χ0) is 21.3. The van der Waals surface area contributed by atoms with Crippen LogP contribution in [-0.4, -0.2) is 44.2 Å². The fraction of sp³-hybridized carbons (Fsp3) is 0.545. The molecule has 0 spiro atoms. The highest BCUT2D eigenvalue weighted by Crippen LogP contribution is 2.43. The van der Waals surface area contributed by atoms with Gasteiger partial charge in [-0.25, -0.2) is 0 Å². The molecule has 2 saturated carbocycles.